The first kappa shape index (κ1) is 23.2. The summed E-state index contributed by atoms with van der Waals surface area (Å²) in [6, 6.07) is 20.7. The average Bonchev–Trinajstić information content (AvgIpc) is 2.85. The summed E-state index contributed by atoms with van der Waals surface area (Å²) in [6.07, 6.45) is 3.77. The molecule has 1 unspecified atom stereocenters. The van der Waals surface area contributed by atoms with Crippen LogP contribution in [-0.4, -0.2) is 46.9 Å². The summed E-state index contributed by atoms with van der Waals surface area (Å²) in [5, 5.41) is 30.0. The topological polar surface area (TPSA) is 93.8 Å². The van der Waals surface area contributed by atoms with Gasteiger partial charge in [-0.1, -0.05) is 66.7 Å². The summed E-state index contributed by atoms with van der Waals surface area (Å²) in [5.41, 5.74) is 5.69. The van der Waals surface area contributed by atoms with Crippen LogP contribution in [0.1, 0.15) is 27.8 Å². The number of morpholine rings is 1. The van der Waals surface area contributed by atoms with Crippen molar-refractivity contribution in [2.45, 2.75) is 19.5 Å². The van der Waals surface area contributed by atoms with Gasteiger partial charge in [-0.15, -0.1) is 0 Å². The summed E-state index contributed by atoms with van der Waals surface area (Å²) in [7, 11) is 0. The van der Waals surface area contributed by atoms with Crippen molar-refractivity contribution >= 4 is 18.1 Å². The number of hydrogen-bond donors (Lipinski definition) is 2. The Bertz CT molecular complexity index is 1260. The minimum Gasteiger partial charge on any atom is -0.508 e. The summed E-state index contributed by atoms with van der Waals surface area (Å²) >= 11 is 0. The lowest BCUT2D eigenvalue weighted by molar-refractivity contribution is -0.150. The van der Waals surface area contributed by atoms with E-state index in [1.54, 1.807) is 6.07 Å². The number of carboxylic acids is 1. The smallest absolute Gasteiger partial charge is 0.323 e. The zero-order valence-electron chi connectivity index (χ0n) is 18.9. The van der Waals surface area contributed by atoms with Crippen molar-refractivity contribution in [3.05, 3.63) is 88.5 Å². The van der Waals surface area contributed by atoms with E-state index in [0.29, 0.717) is 30.8 Å². The lowest BCUT2D eigenvalue weighted by Crippen LogP contribution is -2.49. The second-order valence-corrected chi connectivity index (χ2v) is 8.32. The Balaban J connectivity index is 1.60. The van der Waals surface area contributed by atoms with Crippen LogP contribution in [0, 0.1) is 18.3 Å². The molecule has 34 heavy (non-hydrogen) atoms. The Labute approximate surface area is 199 Å². The van der Waals surface area contributed by atoms with E-state index in [2.05, 4.69) is 6.07 Å². The van der Waals surface area contributed by atoms with Crippen LogP contribution >= 0.6 is 0 Å². The van der Waals surface area contributed by atoms with Gasteiger partial charge in [0, 0.05) is 24.2 Å². The Kier molecular flexibility index (Phi) is 7.07. The maximum Gasteiger partial charge on any atom is 0.323 e. The molecule has 0 saturated carbocycles. The van der Waals surface area contributed by atoms with Crippen LogP contribution in [0.4, 0.5) is 0 Å². The zero-order chi connectivity index (χ0) is 24.1. The lowest BCUT2D eigenvalue weighted by Gasteiger charge is -2.33. The van der Waals surface area contributed by atoms with Crippen molar-refractivity contribution in [3.8, 4) is 22.9 Å². The first-order valence-electron chi connectivity index (χ1n) is 11.1. The number of ether oxygens (including phenoxy) is 1. The number of phenols is 1. The van der Waals surface area contributed by atoms with E-state index in [1.165, 1.54) is 0 Å². The lowest BCUT2D eigenvalue weighted by atomic mass is 9.95. The number of nitrogens with zero attached hydrogens (tertiary/aromatic N) is 2. The van der Waals surface area contributed by atoms with Gasteiger partial charge in [-0.25, -0.2) is 0 Å². The first-order chi connectivity index (χ1) is 16.5. The highest BCUT2D eigenvalue weighted by atomic mass is 16.5. The fourth-order valence-electron chi connectivity index (χ4n) is 4.22. The van der Waals surface area contributed by atoms with E-state index in [4.69, 9.17) is 4.74 Å². The molecule has 4 rings (SSSR count). The molecular formula is C28H26N2O4. The molecule has 0 radical (unpaired) electrons. The van der Waals surface area contributed by atoms with Crippen LogP contribution < -0.4 is 0 Å². The molecule has 172 valence electrons. The predicted octanol–water partition coefficient (Wildman–Crippen LogP) is 4.70. The standard InChI is InChI=1S/C28H26N2O4/c1-19-14-23(17-30-12-13-34-18-26(30)28(32)33)27(31)15-22(19)11-10-21-8-5-9-24(25(21)16-29)20-6-3-2-4-7-20/h2-11,14-15,26,31H,12-13,17-18H2,1H3,(H,32,33). The quantitative estimate of drug-likeness (QED) is 0.525. The second kappa shape index (κ2) is 10.3. The third-order valence-electron chi connectivity index (χ3n) is 6.10. The predicted molar refractivity (Wildman–Crippen MR) is 131 cm³/mol. The van der Waals surface area contributed by atoms with Crippen LogP contribution in [0.3, 0.4) is 0 Å². The highest BCUT2D eigenvalue weighted by Crippen LogP contribution is 2.29. The van der Waals surface area contributed by atoms with E-state index in [1.807, 2.05) is 78.6 Å². The molecule has 2 N–H and O–H groups in total. The van der Waals surface area contributed by atoms with Gasteiger partial charge >= 0.3 is 5.97 Å². The van der Waals surface area contributed by atoms with Gasteiger partial charge in [0.2, 0.25) is 0 Å². The molecule has 0 amide bonds. The Morgan fingerprint density at radius 1 is 1.15 bits per heavy atom. The van der Waals surface area contributed by atoms with E-state index in [9.17, 15) is 20.3 Å². The molecule has 0 aromatic heterocycles. The second-order valence-electron chi connectivity index (χ2n) is 8.32. The minimum atomic E-state index is -0.929. The van der Waals surface area contributed by atoms with Crippen molar-refractivity contribution in [2.24, 2.45) is 0 Å². The maximum atomic E-state index is 11.5. The number of nitriles is 1. The van der Waals surface area contributed by atoms with Gasteiger partial charge in [-0.05, 0) is 35.2 Å². The van der Waals surface area contributed by atoms with Gasteiger partial charge in [0.1, 0.15) is 17.9 Å². The van der Waals surface area contributed by atoms with Crippen molar-refractivity contribution in [1.29, 1.82) is 5.26 Å². The number of benzene rings is 3. The van der Waals surface area contributed by atoms with Crippen LogP contribution in [0.25, 0.3) is 23.3 Å². The highest BCUT2D eigenvalue weighted by Gasteiger charge is 2.29. The molecule has 6 heteroatoms. The average molecular weight is 455 g/mol. The van der Waals surface area contributed by atoms with Crippen LogP contribution in [-0.2, 0) is 16.1 Å². The molecule has 1 atom stereocenters. The Morgan fingerprint density at radius 2 is 1.91 bits per heavy atom. The van der Waals surface area contributed by atoms with Crippen LogP contribution in [0.15, 0.2) is 60.7 Å². The summed E-state index contributed by atoms with van der Waals surface area (Å²) in [6.45, 7) is 3.37. The van der Waals surface area contributed by atoms with E-state index in [-0.39, 0.29) is 12.4 Å². The third-order valence-corrected chi connectivity index (χ3v) is 6.10. The summed E-state index contributed by atoms with van der Waals surface area (Å²) < 4.78 is 5.30. The Morgan fingerprint density at radius 3 is 2.65 bits per heavy atom. The normalized spacial score (nSPS) is 16.4. The van der Waals surface area contributed by atoms with Crippen molar-refractivity contribution in [2.75, 3.05) is 19.8 Å². The number of aryl methyl sites for hydroxylation is 1. The van der Waals surface area contributed by atoms with E-state index in [0.717, 1.165) is 27.8 Å². The number of rotatable bonds is 6. The number of aliphatic carboxylic acids is 1. The molecular weight excluding hydrogens is 428 g/mol. The monoisotopic (exact) mass is 454 g/mol. The molecule has 0 bridgehead atoms. The number of carboxylic acid groups (broad SMARTS) is 1. The number of phenolic OH excluding ortho intramolecular Hbond substituents is 1. The largest absolute Gasteiger partial charge is 0.508 e. The van der Waals surface area contributed by atoms with Gasteiger partial charge in [0.15, 0.2) is 0 Å². The molecule has 1 aliphatic rings. The third kappa shape index (κ3) is 5.01. The number of aromatic hydroxyl groups is 1. The van der Waals surface area contributed by atoms with Crippen LogP contribution in [0.5, 0.6) is 5.75 Å². The molecule has 3 aromatic rings. The summed E-state index contributed by atoms with van der Waals surface area (Å²) in [4.78, 5) is 13.3. The summed E-state index contributed by atoms with van der Waals surface area (Å²) in [5.74, 6) is -0.819. The number of carbonyl (C=O) groups is 1. The molecule has 1 saturated heterocycles. The zero-order valence-corrected chi connectivity index (χ0v) is 18.9. The first-order valence-corrected chi connectivity index (χ1v) is 11.1. The van der Waals surface area contributed by atoms with Crippen LogP contribution in [0.2, 0.25) is 0 Å². The van der Waals surface area contributed by atoms with Gasteiger partial charge in [-0.2, -0.15) is 5.26 Å². The van der Waals surface area contributed by atoms with Crippen molar-refractivity contribution in [3.63, 3.8) is 0 Å². The number of hydrogen-bond acceptors (Lipinski definition) is 5. The molecule has 0 spiro atoms. The fourth-order valence-corrected chi connectivity index (χ4v) is 4.22. The van der Waals surface area contributed by atoms with Gasteiger partial charge in [0.05, 0.1) is 18.8 Å². The maximum absolute atomic E-state index is 11.5. The highest BCUT2D eigenvalue weighted by molar-refractivity contribution is 5.81. The van der Waals surface area contributed by atoms with Gasteiger partial charge < -0.3 is 14.9 Å². The van der Waals surface area contributed by atoms with Gasteiger partial charge in [0.25, 0.3) is 0 Å². The van der Waals surface area contributed by atoms with E-state index < -0.39 is 12.0 Å². The van der Waals surface area contributed by atoms with E-state index >= 15 is 0 Å². The SMILES string of the molecule is Cc1cc(CN2CCOCC2C(=O)O)c(O)cc1C=Cc1cccc(-c2ccccc2)c1C#N. The fraction of sp³-hybridized carbons (Fsp3) is 0.214. The molecule has 1 heterocycles. The van der Waals surface area contributed by atoms with Crippen molar-refractivity contribution < 1.29 is 19.7 Å². The molecule has 1 aliphatic heterocycles. The van der Waals surface area contributed by atoms with Crippen molar-refractivity contribution in [1.82, 2.24) is 4.90 Å². The Hall–Kier alpha value is -3.92. The minimum absolute atomic E-state index is 0.111. The molecule has 3 aromatic carbocycles. The van der Waals surface area contributed by atoms with Gasteiger partial charge in [-0.3, -0.25) is 9.69 Å². The molecule has 1 fully saturated rings. The molecule has 6 nitrogen and oxygen atoms in total. The molecule has 0 aliphatic carbocycles.